The minimum atomic E-state index is -0.562. The van der Waals surface area contributed by atoms with Gasteiger partial charge in [-0.15, -0.1) is 0 Å². The zero-order valence-corrected chi connectivity index (χ0v) is 14.9. The molecule has 0 aliphatic carbocycles. The molecule has 0 radical (unpaired) electrons. The highest BCUT2D eigenvalue weighted by Crippen LogP contribution is 2.25. The SMILES string of the molecule is CCOC(=O)c1cccc(NC(=O)c2ccc(-n3ccnc3)c([N+](=O)[O-])c2)c1. The van der Waals surface area contributed by atoms with Gasteiger partial charge in [-0.3, -0.25) is 14.9 Å². The number of nitro groups is 1. The molecular formula is C19H16N4O5. The molecule has 0 aliphatic heterocycles. The maximum atomic E-state index is 12.5. The van der Waals surface area contributed by atoms with Crippen molar-refractivity contribution in [3.05, 3.63) is 82.4 Å². The predicted molar refractivity (Wildman–Crippen MR) is 101 cm³/mol. The number of hydrogen-bond acceptors (Lipinski definition) is 6. The quantitative estimate of drug-likeness (QED) is 0.399. The monoisotopic (exact) mass is 380 g/mol. The van der Waals surface area contributed by atoms with Crippen molar-refractivity contribution in [2.45, 2.75) is 6.92 Å². The number of hydrogen-bond donors (Lipinski definition) is 1. The van der Waals surface area contributed by atoms with Crippen LogP contribution >= 0.6 is 0 Å². The van der Waals surface area contributed by atoms with Gasteiger partial charge in [-0.1, -0.05) is 6.07 Å². The van der Waals surface area contributed by atoms with Crippen LogP contribution in [-0.4, -0.2) is 33.0 Å². The molecule has 0 unspecified atom stereocenters. The molecule has 142 valence electrons. The van der Waals surface area contributed by atoms with Crippen molar-refractivity contribution in [3.8, 4) is 5.69 Å². The van der Waals surface area contributed by atoms with Crippen LogP contribution in [0.5, 0.6) is 0 Å². The van der Waals surface area contributed by atoms with E-state index in [-0.39, 0.29) is 17.9 Å². The fourth-order valence-electron chi connectivity index (χ4n) is 2.57. The van der Waals surface area contributed by atoms with Crippen molar-refractivity contribution in [1.29, 1.82) is 0 Å². The van der Waals surface area contributed by atoms with Gasteiger partial charge in [0.05, 0.1) is 23.4 Å². The summed E-state index contributed by atoms with van der Waals surface area (Å²) >= 11 is 0. The molecule has 3 rings (SSSR count). The van der Waals surface area contributed by atoms with Gasteiger partial charge in [0.25, 0.3) is 11.6 Å². The molecule has 0 bridgehead atoms. The highest BCUT2D eigenvalue weighted by atomic mass is 16.6. The van der Waals surface area contributed by atoms with Crippen LogP contribution in [-0.2, 0) is 4.74 Å². The maximum absolute atomic E-state index is 12.5. The molecule has 0 saturated carbocycles. The number of carbonyl (C=O) groups excluding carboxylic acids is 2. The van der Waals surface area contributed by atoms with E-state index in [2.05, 4.69) is 10.3 Å². The third kappa shape index (κ3) is 4.04. The molecule has 1 amide bonds. The van der Waals surface area contributed by atoms with E-state index < -0.39 is 16.8 Å². The Hall–Kier alpha value is -4.01. The molecular weight excluding hydrogens is 364 g/mol. The van der Waals surface area contributed by atoms with Crippen LogP contribution in [0, 0.1) is 10.1 Å². The molecule has 3 aromatic rings. The Balaban J connectivity index is 1.85. The van der Waals surface area contributed by atoms with Crippen molar-refractivity contribution < 1.29 is 19.2 Å². The first-order chi connectivity index (χ1) is 13.5. The lowest BCUT2D eigenvalue weighted by molar-refractivity contribution is -0.384. The molecule has 28 heavy (non-hydrogen) atoms. The van der Waals surface area contributed by atoms with Gasteiger partial charge in [-0.05, 0) is 37.3 Å². The molecule has 0 atom stereocenters. The van der Waals surface area contributed by atoms with Crippen molar-refractivity contribution >= 4 is 23.3 Å². The Morgan fingerprint density at radius 1 is 1.21 bits per heavy atom. The van der Waals surface area contributed by atoms with E-state index in [1.165, 1.54) is 41.4 Å². The Bertz CT molecular complexity index is 1030. The fraction of sp³-hybridized carbons (Fsp3) is 0.105. The van der Waals surface area contributed by atoms with E-state index in [1.54, 1.807) is 31.3 Å². The first-order valence-electron chi connectivity index (χ1n) is 8.35. The minimum absolute atomic E-state index is 0.108. The van der Waals surface area contributed by atoms with Gasteiger partial charge >= 0.3 is 5.97 Å². The van der Waals surface area contributed by atoms with Gasteiger partial charge in [0.2, 0.25) is 0 Å². The molecule has 1 heterocycles. The Labute approximate surface area is 159 Å². The zero-order chi connectivity index (χ0) is 20.1. The average Bonchev–Trinajstić information content (AvgIpc) is 3.22. The van der Waals surface area contributed by atoms with E-state index in [4.69, 9.17) is 4.74 Å². The number of amides is 1. The number of carbonyl (C=O) groups is 2. The van der Waals surface area contributed by atoms with Crippen LogP contribution in [0.4, 0.5) is 11.4 Å². The lowest BCUT2D eigenvalue weighted by atomic mass is 10.1. The van der Waals surface area contributed by atoms with Gasteiger partial charge in [-0.2, -0.15) is 0 Å². The largest absolute Gasteiger partial charge is 0.462 e. The molecule has 2 aromatic carbocycles. The number of benzene rings is 2. The first-order valence-corrected chi connectivity index (χ1v) is 8.35. The molecule has 9 heteroatoms. The summed E-state index contributed by atoms with van der Waals surface area (Å²) in [5.74, 6) is -1.04. The van der Waals surface area contributed by atoms with E-state index in [9.17, 15) is 19.7 Å². The number of anilines is 1. The van der Waals surface area contributed by atoms with E-state index >= 15 is 0 Å². The summed E-state index contributed by atoms with van der Waals surface area (Å²) in [6.07, 6.45) is 4.51. The Morgan fingerprint density at radius 2 is 2.04 bits per heavy atom. The van der Waals surface area contributed by atoms with E-state index in [0.717, 1.165) is 0 Å². The van der Waals surface area contributed by atoms with E-state index in [1.807, 2.05) is 0 Å². The summed E-state index contributed by atoms with van der Waals surface area (Å²) in [5, 5.41) is 14.0. The number of aromatic nitrogens is 2. The number of nitro benzene ring substituents is 1. The standard InChI is InChI=1S/C19H16N4O5/c1-2-28-19(25)14-4-3-5-15(10-14)21-18(24)13-6-7-16(17(11-13)23(26)27)22-9-8-20-12-22/h3-12H,2H2,1H3,(H,21,24). The molecule has 1 aromatic heterocycles. The van der Waals surface area contributed by atoms with Crippen molar-refractivity contribution in [3.63, 3.8) is 0 Å². The summed E-state index contributed by atoms with van der Waals surface area (Å²) in [4.78, 5) is 39.1. The van der Waals surface area contributed by atoms with Gasteiger partial charge in [0.1, 0.15) is 5.69 Å². The number of rotatable bonds is 6. The highest BCUT2D eigenvalue weighted by molar-refractivity contribution is 6.05. The highest BCUT2D eigenvalue weighted by Gasteiger charge is 2.19. The second kappa shape index (κ2) is 8.12. The number of nitrogens with one attached hydrogen (secondary N) is 1. The molecule has 0 saturated heterocycles. The van der Waals surface area contributed by atoms with Crippen LogP contribution in [0.15, 0.2) is 61.2 Å². The van der Waals surface area contributed by atoms with Crippen LogP contribution in [0.3, 0.4) is 0 Å². The second-order valence-electron chi connectivity index (χ2n) is 5.69. The van der Waals surface area contributed by atoms with Gasteiger partial charge in [0.15, 0.2) is 0 Å². The topological polar surface area (TPSA) is 116 Å². The molecule has 0 fully saturated rings. The summed E-state index contributed by atoms with van der Waals surface area (Å²) in [6.45, 7) is 1.94. The van der Waals surface area contributed by atoms with Gasteiger partial charge in [0, 0.05) is 29.7 Å². The summed E-state index contributed by atoms with van der Waals surface area (Å²) in [5.41, 5.74) is 0.837. The predicted octanol–water partition coefficient (Wildman–Crippen LogP) is 3.21. The fourth-order valence-corrected chi connectivity index (χ4v) is 2.57. The number of ether oxygens (including phenoxy) is 1. The van der Waals surface area contributed by atoms with Gasteiger partial charge < -0.3 is 14.6 Å². The third-order valence-corrected chi connectivity index (χ3v) is 3.85. The second-order valence-corrected chi connectivity index (χ2v) is 5.69. The van der Waals surface area contributed by atoms with Crippen molar-refractivity contribution in [2.75, 3.05) is 11.9 Å². The lowest BCUT2D eigenvalue weighted by Gasteiger charge is -2.09. The maximum Gasteiger partial charge on any atom is 0.338 e. The van der Waals surface area contributed by atoms with Crippen LogP contribution in [0.25, 0.3) is 5.69 Å². The molecule has 0 spiro atoms. The van der Waals surface area contributed by atoms with Crippen LogP contribution in [0.2, 0.25) is 0 Å². The number of nitrogens with zero attached hydrogens (tertiary/aromatic N) is 3. The lowest BCUT2D eigenvalue weighted by Crippen LogP contribution is -2.13. The molecule has 9 nitrogen and oxygen atoms in total. The number of esters is 1. The Morgan fingerprint density at radius 3 is 2.71 bits per heavy atom. The number of imidazole rings is 1. The summed E-state index contributed by atoms with van der Waals surface area (Å²) < 4.78 is 6.42. The first kappa shape index (κ1) is 18.8. The Kier molecular flexibility index (Phi) is 5.45. The minimum Gasteiger partial charge on any atom is -0.462 e. The van der Waals surface area contributed by atoms with Crippen molar-refractivity contribution in [1.82, 2.24) is 9.55 Å². The van der Waals surface area contributed by atoms with E-state index in [0.29, 0.717) is 16.9 Å². The average molecular weight is 380 g/mol. The normalized spacial score (nSPS) is 10.3. The van der Waals surface area contributed by atoms with Gasteiger partial charge in [-0.25, -0.2) is 9.78 Å². The molecule has 0 aliphatic rings. The zero-order valence-electron chi connectivity index (χ0n) is 14.9. The van der Waals surface area contributed by atoms with Crippen LogP contribution in [0.1, 0.15) is 27.6 Å². The van der Waals surface area contributed by atoms with Crippen LogP contribution < -0.4 is 5.32 Å². The summed E-state index contributed by atoms with van der Waals surface area (Å²) in [6, 6.07) is 10.4. The third-order valence-electron chi connectivity index (χ3n) is 3.85. The smallest absolute Gasteiger partial charge is 0.338 e. The van der Waals surface area contributed by atoms with Crippen molar-refractivity contribution in [2.24, 2.45) is 0 Å². The molecule has 1 N–H and O–H groups in total. The summed E-state index contributed by atoms with van der Waals surface area (Å²) in [7, 11) is 0.